The first kappa shape index (κ1) is 13.4. The van der Waals surface area contributed by atoms with E-state index in [4.69, 9.17) is 16.2 Å². The number of fused-ring (bicyclic) bond motifs is 1. The van der Waals surface area contributed by atoms with Crippen LogP contribution < -0.4 is 5.73 Å². The molecule has 0 aliphatic heterocycles. The van der Waals surface area contributed by atoms with Gasteiger partial charge in [0.15, 0.2) is 0 Å². The Morgan fingerprint density at radius 3 is 2.94 bits per heavy atom. The molecule has 2 rings (SSSR count). The lowest BCUT2D eigenvalue weighted by atomic mass is 9.95. The Labute approximate surface area is 112 Å². The van der Waals surface area contributed by atoms with Gasteiger partial charge < -0.3 is 10.8 Å². The fourth-order valence-electron chi connectivity index (χ4n) is 2.13. The number of aliphatic hydroxyl groups is 1. The Hall–Kier alpha value is -1.07. The summed E-state index contributed by atoms with van der Waals surface area (Å²) in [6, 6.07) is 2.01. The molecule has 1 aromatic heterocycles. The van der Waals surface area contributed by atoms with Gasteiger partial charge in [-0.05, 0) is 37.3 Å². The molecule has 98 valence electrons. The molecular formula is C13H19N3OS. The van der Waals surface area contributed by atoms with Gasteiger partial charge in [0, 0.05) is 16.5 Å². The van der Waals surface area contributed by atoms with E-state index < -0.39 is 0 Å². The van der Waals surface area contributed by atoms with Gasteiger partial charge in [0.1, 0.15) is 10.9 Å². The number of rotatable bonds is 4. The van der Waals surface area contributed by atoms with Crippen LogP contribution in [0.15, 0.2) is 11.1 Å². The quantitative estimate of drug-likeness (QED) is 0.440. The molecule has 18 heavy (non-hydrogen) atoms. The van der Waals surface area contributed by atoms with Crippen LogP contribution >= 0.6 is 11.8 Å². The predicted molar refractivity (Wildman–Crippen MR) is 74.3 cm³/mol. The number of nitrogens with zero attached hydrogens (tertiary/aromatic N) is 1. The topological polar surface area (TPSA) is 83.0 Å². The number of hydrogen-bond donors (Lipinski definition) is 3. The van der Waals surface area contributed by atoms with Crippen LogP contribution in [-0.4, -0.2) is 27.8 Å². The normalized spacial score (nSPS) is 16.1. The SMILES string of the molecule is CC(CO)Sc1nc2c(cc1C(=N)N)CCCC2. The van der Waals surface area contributed by atoms with E-state index in [1.165, 1.54) is 30.2 Å². The van der Waals surface area contributed by atoms with Gasteiger partial charge in [0.2, 0.25) is 0 Å². The molecule has 1 aliphatic carbocycles. The Morgan fingerprint density at radius 2 is 2.28 bits per heavy atom. The maximum atomic E-state index is 9.13. The summed E-state index contributed by atoms with van der Waals surface area (Å²) in [6.07, 6.45) is 4.41. The molecule has 1 atom stereocenters. The van der Waals surface area contributed by atoms with Crippen molar-refractivity contribution < 1.29 is 5.11 Å². The Morgan fingerprint density at radius 1 is 1.56 bits per heavy atom. The standard InChI is InChI=1S/C13H19N3OS/c1-8(7-17)18-13-10(12(14)15)6-9-4-2-3-5-11(9)16-13/h6,8,17H,2-5,7H2,1H3,(H3,14,15). The van der Waals surface area contributed by atoms with E-state index in [0.717, 1.165) is 23.6 Å². The molecule has 0 saturated heterocycles. The lowest BCUT2D eigenvalue weighted by Crippen LogP contribution is -2.17. The van der Waals surface area contributed by atoms with Crippen LogP contribution in [0.1, 0.15) is 36.6 Å². The van der Waals surface area contributed by atoms with Crippen molar-refractivity contribution in [1.29, 1.82) is 5.41 Å². The molecule has 0 bridgehead atoms. The first-order chi connectivity index (χ1) is 8.61. The van der Waals surface area contributed by atoms with Crippen LogP contribution in [0.3, 0.4) is 0 Å². The van der Waals surface area contributed by atoms with E-state index in [1.807, 2.05) is 13.0 Å². The van der Waals surface area contributed by atoms with Crippen molar-refractivity contribution in [1.82, 2.24) is 4.98 Å². The fourth-order valence-corrected chi connectivity index (χ4v) is 3.04. The van der Waals surface area contributed by atoms with Gasteiger partial charge in [0.05, 0.1) is 6.61 Å². The highest BCUT2D eigenvalue weighted by molar-refractivity contribution is 7.99. The van der Waals surface area contributed by atoms with E-state index in [-0.39, 0.29) is 17.7 Å². The Kier molecular flexibility index (Phi) is 4.24. The average Bonchev–Trinajstić information content (AvgIpc) is 2.37. The van der Waals surface area contributed by atoms with Crippen LogP contribution in [0.4, 0.5) is 0 Å². The summed E-state index contributed by atoms with van der Waals surface area (Å²) < 4.78 is 0. The summed E-state index contributed by atoms with van der Waals surface area (Å²) in [4.78, 5) is 4.65. The molecule has 1 heterocycles. The number of nitrogens with two attached hydrogens (primary N) is 1. The lowest BCUT2D eigenvalue weighted by Gasteiger charge is -2.19. The lowest BCUT2D eigenvalue weighted by molar-refractivity contribution is 0.300. The third-order valence-corrected chi connectivity index (χ3v) is 4.21. The number of hydrogen-bond acceptors (Lipinski definition) is 4. The third-order valence-electron chi connectivity index (χ3n) is 3.13. The highest BCUT2D eigenvalue weighted by Gasteiger charge is 2.18. The zero-order chi connectivity index (χ0) is 13.1. The maximum absolute atomic E-state index is 9.13. The summed E-state index contributed by atoms with van der Waals surface area (Å²) in [5.41, 5.74) is 8.71. The minimum atomic E-state index is 0.0588. The predicted octanol–water partition coefficient (Wildman–Crippen LogP) is 1.72. The molecule has 0 aromatic carbocycles. The second kappa shape index (κ2) is 5.71. The Bertz CT molecular complexity index is 462. The van der Waals surface area contributed by atoms with Crippen molar-refractivity contribution in [2.45, 2.75) is 42.9 Å². The second-order valence-electron chi connectivity index (χ2n) is 4.68. The summed E-state index contributed by atoms with van der Waals surface area (Å²) in [5.74, 6) is 0.0588. The molecule has 4 N–H and O–H groups in total. The number of aryl methyl sites for hydroxylation is 2. The molecule has 5 heteroatoms. The van der Waals surface area contributed by atoms with Gasteiger partial charge in [-0.3, -0.25) is 5.41 Å². The van der Waals surface area contributed by atoms with E-state index in [0.29, 0.717) is 5.56 Å². The van der Waals surface area contributed by atoms with Crippen molar-refractivity contribution in [2.24, 2.45) is 5.73 Å². The van der Waals surface area contributed by atoms with Crippen molar-refractivity contribution in [3.63, 3.8) is 0 Å². The molecule has 1 aliphatic rings. The van der Waals surface area contributed by atoms with Gasteiger partial charge in [-0.2, -0.15) is 0 Å². The van der Waals surface area contributed by atoms with Gasteiger partial charge in [-0.25, -0.2) is 4.98 Å². The minimum Gasteiger partial charge on any atom is -0.395 e. The Balaban J connectivity index is 2.39. The molecule has 0 spiro atoms. The molecule has 0 saturated carbocycles. The van der Waals surface area contributed by atoms with Crippen molar-refractivity contribution >= 4 is 17.6 Å². The molecule has 0 radical (unpaired) electrons. The van der Waals surface area contributed by atoms with E-state index in [9.17, 15) is 0 Å². The van der Waals surface area contributed by atoms with Crippen LogP contribution in [-0.2, 0) is 12.8 Å². The fraction of sp³-hybridized carbons (Fsp3) is 0.538. The summed E-state index contributed by atoms with van der Waals surface area (Å²) in [7, 11) is 0. The zero-order valence-corrected chi connectivity index (χ0v) is 11.4. The molecule has 1 unspecified atom stereocenters. The van der Waals surface area contributed by atoms with Gasteiger partial charge in [-0.15, -0.1) is 11.8 Å². The second-order valence-corrected chi connectivity index (χ2v) is 6.11. The zero-order valence-electron chi connectivity index (χ0n) is 10.6. The third kappa shape index (κ3) is 2.84. The number of aliphatic hydroxyl groups excluding tert-OH is 1. The van der Waals surface area contributed by atoms with Crippen molar-refractivity contribution in [3.05, 3.63) is 22.9 Å². The molecular weight excluding hydrogens is 246 g/mol. The monoisotopic (exact) mass is 265 g/mol. The minimum absolute atomic E-state index is 0.0588. The summed E-state index contributed by atoms with van der Waals surface area (Å²) in [6.45, 7) is 2.04. The number of amidine groups is 1. The molecule has 0 amide bonds. The first-order valence-electron chi connectivity index (χ1n) is 6.26. The first-order valence-corrected chi connectivity index (χ1v) is 7.14. The van der Waals surface area contributed by atoms with Crippen LogP contribution in [0.5, 0.6) is 0 Å². The maximum Gasteiger partial charge on any atom is 0.125 e. The molecule has 4 nitrogen and oxygen atoms in total. The van der Waals surface area contributed by atoms with Crippen molar-refractivity contribution in [2.75, 3.05) is 6.61 Å². The number of thioether (sulfide) groups is 1. The van der Waals surface area contributed by atoms with E-state index >= 15 is 0 Å². The van der Waals surface area contributed by atoms with Gasteiger partial charge >= 0.3 is 0 Å². The van der Waals surface area contributed by atoms with Gasteiger partial charge in [-0.1, -0.05) is 6.92 Å². The number of aromatic nitrogens is 1. The largest absolute Gasteiger partial charge is 0.395 e. The summed E-state index contributed by atoms with van der Waals surface area (Å²) >= 11 is 1.49. The number of nitrogen functional groups attached to an aromatic ring is 1. The van der Waals surface area contributed by atoms with Crippen molar-refractivity contribution in [3.8, 4) is 0 Å². The highest BCUT2D eigenvalue weighted by atomic mass is 32.2. The van der Waals surface area contributed by atoms with Crippen LogP contribution in [0.2, 0.25) is 0 Å². The average molecular weight is 265 g/mol. The van der Waals surface area contributed by atoms with E-state index in [1.54, 1.807) is 0 Å². The summed E-state index contributed by atoms with van der Waals surface area (Å²) in [5, 5.41) is 17.6. The number of nitrogens with one attached hydrogen (secondary N) is 1. The van der Waals surface area contributed by atoms with Crippen LogP contribution in [0.25, 0.3) is 0 Å². The highest BCUT2D eigenvalue weighted by Crippen LogP contribution is 2.29. The number of pyridine rings is 1. The van der Waals surface area contributed by atoms with E-state index in [2.05, 4.69) is 4.98 Å². The molecule has 0 fully saturated rings. The van der Waals surface area contributed by atoms with Gasteiger partial charge in [0.25, 0.3) is 0 Å². The smallest absolute Gasteiger partial charge is 0.125 e. The molecule has 1 aromatic rings. The van der Waals surface area contributed by atoms with Crippen LogP contribution in [0, 0.1) is 5.41 Å².